The van der Waals surface area contributed by atoms with E-state index in [0.717, 1.165) is 18.2 Å². The number of aryl methyl sites for hydroxylation is 1. The van der Waals surface area contributed by atoms with E-state index in [-0.39, 0.29) is 9.79 Å². The van der Waals surface area contributed by atoms with Crippen LogP contribution in [0.15, 0.2) is 52.3 Å². The molecule has 2 aromatic carbocycles. The molecule has 0 saturated heterocycles. The largest absolute Gasteiger partial charge is 0.573 e. The summed E-state index contributed by atoms with van der Waals surface area (Å²) in [5, 5.41) is 0. The van der Waals surface area contributed by atoms with E-state index in [2.05, 4.69) is 4.74 Å². The van der Waals surface area contributed by atoms with Gasteiger partial charge in [-0.15, -0.1) is 13.2 Å². The maximum absolute atomic E-state index is 13.7. The molecule has 0 fully saturated rings. The minimum absolute atomic E-state index is 0.0821. The first-order valence-electron chi connectivity index (χ1n) is 6.37. The van der Waals surface area contributed by atoms with E-state index in [1.165, 1.54) is 24.3 Å². The first-order chi connectivity index (χ1) is 10.3. The highest BCUT2D eigenvalue weighted by atomic mass is 32.2. The van der Waals surface area contributed by atoms with Crippen molar-refractivity contribution in [1.82, 2.24) is 0 Å². The molecule has 0 aliphatic carbocycles. The fourth-order valence-corrected chi connectivity index (χ4v) is 3.27. The van der Waals surface area contributed by atoms with Crippen molar-refractivity contribution in [2.45, 2.75) is 29.5 Å². The maximum atomic E-state index is 13.7. The topological polar surface area (TPSA) is 26.3 Å². The van der Waals surface area contributed by atoms with Crippen molar-refractivity contribution in [3.63, 3.8) is 0 Å². The van der Waals surface area contributed by atoms with Crippen molar-refractivity contribution in [3.05, 3.63) is 53.8 Å². The molecule has 2 nitrogen and oxygen atoms in total. The van der Waals surface area contributed by atoms with Crippen LogP contribution in [-0.4, -0.2) is 10.6 Å². The van der Waals surface area contributed by atoms with Crippen molar-refractivity contribution in [3.8, 4) is 5.75 Å². The summed E-state index contributed by atoms with van der Waals surface area (Å²) >= 11 is 0. The summed E-state index contributed by atoms with van der Waals surface area (Å²) in [5.74, 6) is -1.16. The van der Waals surface area contributed by atoms with Crippen LogP contribution >= 0.6 is 0 Å². The molecular formula is C15H12F4O2S. The summed E-state index contributed by atoms with van der Waals surface area (Å²) in [6, 6.07) is 9.02. The van der Waals surface area contributed by atoms with Gasteiger partial charge in [0.1, 0.15) is 11.6 Å². The number of hydrogen-bond acceptors (Lipinski definition) is 2. The quantitative estimate of drug-likeness (QED) is 0.773. The van der Waals surface area contributed by atoms with Gasteiger partial charge in [-0.05, 0) is 36.2 Å². The maximum Gasteiger partial charge on any atom is 0.573 e. The van der Waals surface area contributed by atoms with E-state index in [1.54, 1.807) is 6.92 Å². The van der Waals surface area contributed by atoms with Crippen molar-refractivity contribution in [2.75, 3.05) is 0 Å². The second-order valence-corrected chi connectivity index (χ2v) is 5.79. The molecule has 0 spiro atoms. The number of hydrogen-bond donors (Lipinski definition) is 0. The number of halogens is 4. The predicted octanol–water partition coefficient (Wildman–Crippen LogP) is 4.45. The molecule has 0 N–H and O–H groups in total. The van der Waals surface area contributed by atoms with E-state index < -0.39 is 28.7 Å². The second-order valence-electron chi connectivity index (χ2n) is 4.37. The zero-order valence-electron chi connectivity index (χ0n) is 11.5. The third-order valence-corrected chi connectivity index (χ3v) is 4.40. The van der Waals surface area contributed by atoms with Gasteiger partial charge in [-0.25, -0.2) is 8.60 Å². The molecule has 0 saturated carbocycles. The highest BCUT2D eigenvalue weighted by molar-refractivity contribution is 7.85. The molecule has 0 heterocycles. The molecule has 0 aliphatic heterocycles. The van der Waals surface area contributed by atoms with Gasteiger partial charge in [0.2, 0.25) is 0 Å². The second kappa shape index (κ2) is 6.48. The fourth-order valence-electron chi connectivity index (χ4n) is 1.91. The van der Waals surface area contributed by atoms with E-state index in [0.29, 0.717) is 12.0 Å². The van der Waals surface area contributed by atoms with Gasteiger partial charge in [-0.3, -0.25) is 0 Å². The van der Waals surface area contributed by atoms with Crippen LogP contribution < -0.4 is 4.74 Å². The third-order valence-electron chi connectivity index (χ3n) is 2.89. The highest BCUT2D eigenvalue weighted by Gasteiger charge is 2.31. The number of benzene rings is 2. The van der Waals surface area contributed by atoms with Gasteiger partial charge in [0.05, 0.1) is 20.6 Å². The van der Waals surface area contributed by atoms with Crippen molar-refractivity contribution in [1.29, 1.82) is 0 Å². The summed E-state index contributed by atoms with van der Waals surface area (Å²) in [5.41, 5.74) is 0.566. The van der Waals surface area contributed by atoms with E-state index in [4.69, 9.17) is 0 Å². The summed E-state index contributed by atoms with van der Waals surface area (Å²) in [6.45, 7) is 1.77. The molecule has 0 amide bonds. The summed E-state index contributed by atoms with van der Waals surface area (Å²) in [6.07, 6.45) is -4.40. The normalized spacial score (nSPS) is 13.0. The molecule has 0 aromatic heterocycles. The standard InChI is InChI=1S/C15H12F4O2S/c1-2-10-7-8-11(21-15(17,18)19)9-14(10)22(20)13-6-4-3-5-12(13)16/h3-9H,2H2,1H3. The minimum Gasteiger partial charge on any atom is -0.406 e. The lowest BCUT2D eigenvalue weighted by Crippen LogP contribution is -2.17. The summed E-state index contributed by atoms with van der Waals surface area (Å²) < 4.78 is 66.9. The van der Waals surface area contributed by atoms with Gasteiger partial charge >= 0.3 is 6.36 Å². The predicted molar refractivity (Wildman–Crippen MR) is 73.6 cm³/mol. The van der Waals surface area contributed by atoms with Crippen LogP contribution in [0.5, 0.6) is 5.75 Å². The van der Waals surface area contributed by atoms with Crippen LogP contribution in [0, 0.1) is 5.82 Å². The lowest BCUT2D eigenvalue weighted by atomic mass is 10.2. The minimum atomic E-state index is -4.84. The van der Waals surface area contributed by atoms with Crippen molar-refractivity contribution >= 4 is 10.8 Å². The van der Waals surface area contributed by atoms with E-state index in [1.807, 2.05) is 0 Å². The molecule has 22 heavy (non-hydrogen) atoms. The Morgan fingerprint density at radius 2 is 1.77 bits per heavy atom. The van der Waals surface area contributed by atoms with Crippen LogP contribution in [-0.2, 0) is 17.2 Å². The zero-order valence-corrected chi connectivity index (χ0v) is 12.3. The van der Waals surface area contributed by atoms with Crippen LogP contribution in [0.2, 0.25) is 0 Å². The molecule has 0 aliphatic rings. The van der Waals surface area contributed by atoms with Crippen LogP contribution in [0.3, 0.4) is 0 Å². The smallest absolute Gasteiger partial charge is 0.406 e. The molecular weight excluding hydrogens is 320 g/mol. The average molecular weight is 332 g/mol. The molecule has 118 valence electrons. The molecule has 1 unspecified atom stereocenters. The third kappa shape index (κ3) is 3.85. The van der Waals surface area contributed by atoms with Gasteiger partial charge < -0.3 is 4.74 Å². The molecule has 2 rings (SSSR count). The summed E-state index contributed by atoms with van der Waals surface area (Å²) in [4.78, 5) is 0.0238. The Morgan fingerprint density at radius 3 is 2.36 bits per heavy atom. The van der Waals surface area contributed by atoms with Crippen LogP contribution in [0.4, 0.5) is 17.6 Å². The molecule has 7 heteroatoms. The van der Waals surface area contributed by atoms with E-state index in [9.17, 15) is 21.8 Å². The molecule has 1 atom stereocenters. The van der Waals surface area contributed by atoms with Crippen molar-refractivity contribution in [2.24, 2.45) is 0 Å². The van der Waals surface area contributed by atoms with Gasteiger partial charge in [0, 0.05) is 0 Å². The monoisotopic (exact) mass is 332 g/mol. The van der Waals surface area contributed by atoms with E-state index >= 15 is 0 Å². The first kappa shape index (κ1) is 16.5. The van der Waals surface area contributed by atoms with Crippen LogP contribution in [0.25, 0.3) is 0 Å². The molecule has 0 radical (unpaired) electrons. The number of rotatable bonds is 4. The molecule has 0 bridgehead atoms. The fraction of sp³-hybridized carbons (Fsp3) is 0.200. The lowest BCUT2D eigenvalue weighted by molar-refractivity contribution is -0.274. The highest BCUT2D eigenvalue weighted by Crippen LogP contribution is 2.29. The van der Waals surface area contributed by atoms with Gasteiger partial charge in [0.25, 0.3) is 0 Å². The summed E-state index contributed by atoms with van der Waals surface area (Å²) in [7, 11) is -1.93. The Labute approximate surface area is 127 Å². The zero-order chi connectivity index (χ0) is 16.3. The Bertz CT molecular complexity index is 698. The number of ether oxygens (including phenoxy) is 1. The van der Waals surface area contributed by atoms with Gasteiger partial charge in [0.15, 0.2) is 0 Å². The van der Waals surface area contributed by atoms with Gasteiger partial charge in [-0.1, -0.05) is 25.1 Å². The lowest BCUT2D eigenvalue weighted by Gasteiger charge is -2.13. The average Bonchev–Trinajstić information content (AvgIpc) is 2.45. The Morgan fingerprint density at radius 1 is 1.09 bits per heavy atom. The number of alkyl halides is 3. The molecule has 2 aromatic rings. The Kier molecular flexibility index (Phi) is 4.85. The van der Waals surface area contributed by atoms with Gasteiger partial charge in [-0.2, -0.15) is 0 Å². The SMILES string of the molecule is CCc1ccc(OC(F)(F)F)cc1S(=O)c1ccccc1F. The Balaban J connectivity index is 2.46. The Hall–Kier alpha value is -1.89. The first-order valence-corrected chi connectivity index (χ1v) is 7.51. The van der Waals surface area contributed by atoms with Crippen molar-refractivity contribution < 1.29 is 26.5 Å². The van der Waals surface area contributed by atoms with Crippen LogP contribution in [0.1, 0.15) is 12.5 Å².